The molecule has 0 rings (SSSR count). The maximum absolute atomic E-state index is 10.6. The van der Waals surface area contributed by atoms with Crippen LogP contribution in [0.2, 0.25) is 0 Å². The molecule has 0 saturated heterocycles. The molecule has 0 aliphatic heterocycles. The fraction of sp³-hybridized carbons (Fsp3) is 0.143. The summed E-state index contributed by atoms with van der Waals surface area (Å²) < 4.78 is 4.22. The highest BCUT2D eigenvalue weighted by Gasteiger charge is 2.15. The molecule has 0 aromatic carbocycles. The van der Waals surface area contributed by atoms with Crippen molar-refractivity contribution in [2.24, 2.45) is 0 Å². The summed E-state index contributed by atoms with van der Waals surface area (Å²) in [4.78, 5) is 20.8. The molecular formula is C7H8O4. The molecule has 0 saturated carbocycles. The van der Waals surface area contributed by atoms with Gasteiger partial charge >= 0.3 is 11.9 Å². The van der Waals surface area contributed by atoms with E-state index < -0.39 is 11.9 Å². The van der Waals surface area contributed by atoms with Crippen LogP contribution in [0.1, 0.15) is 0 Å². The highest BCUT2D eigenvalue weighted by molar-refractivity contribution is 6.05. The summed E-state index contributed by atoms with van der Waals surface area (Å²) >= 11 is 0. The number of aliphatic carboxylic acids is 1. The van der Waals surface area contributed by atoms with Crippen molar-refractivity contribution >= 4 is 11.9 Å². The number of carboxylic acids is 1. The average molecular weight is 156 g/mol. The van der Waals surface area contributed by atoms with E-state index in [-0.39, 0.29) is 11.1 Å². The van der Waals surface area contributed by atoms with Gasteiger partial charge in [0.25, 0.3) is 0 Å². The van der Waals surface area contributed by atoms with Crippen LogP contribution in [0.25, 0.3) is 0 Å². The Morgan fingerprint density at radius 3 is 2.00 bits per heavy atom. The van der Waals surface area contributed by atoms with Gasteiger partial charge in [0.1, 0.15) is 0 Å². The highest BCUT2D eigenvalue weighted by Crippen LogP contribution is 2.06. The lowest BCUT2D eigenvalue weighted by Gasteiger charge is -2.00. The van der Waals surface area contributed by atoms with Gasteiger partial charge in [-0.15, -0.1) is 0 Å². The predicted octanol–water partition coefficient (Wildman–Crippen LogP) is 0.356. The molecule has 0 aromatic rings. The number of carboxylic acid groups (broad SMARTS) is 1. The Balaban J connectivity index is 4.39. The molecule has 0 radical (unpaired) electrons. The first-order valence-electron chi connectivity index (χ1n) is 2.70. The fourth-order valence-electron chi connectivity index (χ4n) is 0.375. The van der Waals surface area contributed by atoms with Crippen molar-refractivity contribution in [2.75, 3.05) is 7.11 Å². The maximum Gasteiger partial charge on any atom is 0.338 e. The number of ether oxygens (including phenoxy) is 1. The van der Waals surface area contributed by atoms with Gasteiger partial charge in [-0.1, -0.05) is 13.2 Å². The number of carbonyl (C=O) groups is 2. The summed E-state index contributed by atoms with van der Waals surface area (Å²) in [5.74, 6) is -2.06. The van der Waals surface area contributed by atoms with Crippen molar-refractivity contribution in [1.82, 2.24) is 0 Å². The summed E-state index contributed by atoms with van der Waals surface area (Å²) in [6.07, 6.45) is 0. The Hall–Kier alpha value is -1.58. The summed E-state index contributed by atoms with van der Waals surface area (Å²) in [5, 5.41) is 8.33. The molecule has 0 spiro atoms. The van der Waals surface area contributed by atoms with Crippen molar-refractivity contribution < 1.29 is 19.4 Å². The van der Waals surface area contributed by atoms with Crippen LogP contribution < -0.4 is 0 Å². The summed E-state index contributed by atoms with van der Waals surface area (Å²) in [6.45, 7) is 6.31. The second-order valence-corrected chi connectivity index (χ2v) is 1.75. The van der Waals surface area contributed by atoms with Crippen molar-refractivity contribution in [1.29, 1.82) is 0 Å². The predicted molar refractivity (Wildman–Crippen MR) is 37.9 cm³/mol. The van der Waals surface area contributed by atoms with Gasteiger partial charge in [-0.05, 0) is 0 Å². The lowest BCUT2D eigenvalue weighted by molar-refractivity contribution is -0.138. The monoisotopic (exact) mass is 156 g/mol. The summed E-state index contributed by atoms with van der Waals surface area (Å²) in [7, 11) is 1.14. The molecule has 0 unspecified atom stereocenters. The molecule has 0 aliphatic rings. The minimum absolute atomic E-state index is 0.236. The van der Waals surface area contributed by atoms with Crippen LogP contribution in [0.3, 0.4) is 0 Å². The molecule has 60 valence electrons. The number of carbonyl (C=O) groups excluding carboxylic acids is 1. The molecule has 0 fully saturated rings. The fourth-order valence-corrected chi connectivity index (χ4v) is 0.375. The van der Waals surface area contributed by atoms with E-state index >= 15 is 0 Å². The van der Waals surface area contributed by atoms with Crippen molar-refractivity contribution in [3.05, 3.63) is 24.3 Å². The molecule has 0 heterocycles. The van der Waals surface area contributed by atoms with Crippen molar-refractivity contribution in [3.63, 3.8) is 0 Å². The lowest BCUT2D eigenvalue weighted by Crippen LogP contribution is -2.11. The normalized spacial score (nSPS) is 8.45. The molecular weight excluding hydrogens is 148 g/mol. The van der Waals surface area contributed by atoms with Gasteiger partial charge < -0.3 is 9.84 Å². The van der Waals surface area contributed by atoms with Gasteiger partial charge in [-0.2, -0.15) is 0 Å². The van der Waals surface area contributed by atoms with E-state index in [9.17, 15) is 9.59 Å². The van der Waals surface area contributed by atoms with Gasteiger partial charge in [0.2, 0.25) is 0 Å². The van der Waals surface area contributed by atoms with E-state index in [1.165, 1.54) is 0 Å². The second kappa shape index (κ2) is 3.55. The smallest absolute Gasteiger partial charge is 0.338 e. The SMILES string of the molecule is C=C(C(=C)C(=O)OC)C(=O)O. The third-order valence-electron chi connectivity index (χ3n) is 1.05. The van der Waals surface area contributed by atoms with E-state index in [0.29, 0.717) is 0 Å². The standard InChI is InChI=1S/C7H8O4/c1-4(6(8)9)5(2)7(10)11-3/h1-2H2,3H3,(H,8,9). The van der Waals surface area contributed by atoms with Crippen LogP contribution in [0.4, 0.5) is 0 Å². The Kier molecular flexibility index (Phi) is 3.04. The van der Waals surface area contributed by atoms with Crippen LogP contribution in [0.15, 0.2) is 24.3 Å². The number of esters is 1. The number of methoxy groups -OCH3 is 1. The van der Waals surface area contributed by atoms with E-state index in [4.69, 9.17) is 5.11 Å². The van der Waals surface area contributed by atoms with Gasteiger partial charge in [0, 0.05) is 0 Å². The molecule has 0 amide bonds. The number of hydrogen-bond donors (Lipinski definition) is 1. The van der Waals surface area contributed by atoms with Gasteiger partial charge in [0.05, 0.1) is 18.3 Å². The first-order chi connectivity index (χ1) is 5.00. The molecule has 1 N–H and O–H groups in total. The quantitative estimate of drug-likeness (QED) is 0.364. The zero-order valence-corrected chi connectivity index (χ0v) is 6.09. The lowest BCUT2D eigenvalue weighted by atomic mass is 10.1. The van der Waals surface area contributed by atoms with Gasteiger partial charge in [0.15, 0.2) is 0 Å². The van der Waals surface area contributed by atoms with E-state index in [0.717, 1.165) is 7.11 Å². The van der Waals surface area contributed by atoms with Crippen LogP contribution in [0, 0.1) is 0 Å². The van der Waals surface area contributed by atoms with Gasteiger partial charge in [-0.25, -0.2) is 9.59 Å². The summed E-state index contributed by atoms with van der Waals surface area (Å²) in [5.41, 5.74) is -0.586. The minimum atomic E-state index is -1.28. The molecule has 0 atom stereocenters. The Morgan fingerprint density at radius 1 is 1.27 bits per heavy atom. The second-order valence-electron chi connectivity index (χ2n) is 1.75. The topological polar surface area (TPSA) is 63.6 Å². The van der Waals surface area contributed by atoms with E-state index in [2.05, 4.69) is 17.9 Å². The minimum Gasteiger partial charge on any atom is -0.478 e. The van der Waals surface area contributed by atoms with Crippen molar-refractivity contribution in [2.45, 2.75) is 0 Å². The molecule has 0 aromatic heterocycles. The molecule has 4 heteroatoms. The van der Waals surface area contributed by atoms with E-state index in [1.807, 2.05) is 0 Å². The van der Waals surface area contributed by atoms with Gasteiger partial charge in [-0.3, -0.25) is 0 Å². The molecule has 0 bridgehead atoms. The van der Waals surface area contributed by atoms with Crippen LogP contribution in [0.5, 0.6) is 0 Å². The maximum atomic E-state index is 10.6. The zero-order chi connectivity index (χ0) is 9.02. The average Bonchev–Trinajstić information content (AvgIpc) is 2.00. The van der Waals surface area contributed by atoms with Crippen molar-refractivity contribution in [3.8, 4) is 0 Å². The number of rotatable bonds is 3. The zero-order valence-electron chi connectivity index (χ0n) is 6.09. The Bertz CT molecular complexity index is 227. The molecule has 11 heavy (non-hydrogen) atoms. The highest BCUT2D eigenvalue weighted by atomic mass is 16.5. The Morgan fingerprint density at radius 2 is 1.73 bits per heavy atom. The third-order valence-corrected chi connectivity index (χ3v) is 1.05. The third kappa shape index (κ3) is 2.25. The number of hydrogen-bond acceptors (Lipinski definition) is 3. The van der Waals surface area contributed by atoms with E-state index in [1.54, 1.807) is 0 Å². The van der Waals surface area contributed by atoms with Crippen LogP contribution >= 0.6 is 0 Å². The first-order valence-corrected chi connectivity index (χ1v) is 2.70. The first kappa shape index (κ1) is 9.42. The Labute approximate surface area is 63.8 Å². The summed E-state index contributed by atoms with van der Waals surface area (Å²) in [6, 6.07) is 0. The van der Waals surface area contributed by atoms with Crippen LogP contribution in [-0.2, 0) is 14.3 Å². The van der Waals surface area contributed by atoms with Crippen LogP contribution in [-0.4, -0.2) is 24.2 Å². The molecule has 4 nitrogen and oxygen atoms in total. The molecule has 0 aliphatic carbocycles. The largest absolute Gasteiger partial charge is 0.478 e.